The summed E-state index contributed by atoms with van der Waals surface area (Å²) < 4.78 is 8.38. The van der Waals surface area contributed by atoms with Crippen LogP contribution in [0.3, 0.4) is 0 Å². The molecular weight excluding hydrogens is 440 g/mol. The van der Waals surface area contributed by atoms with Crippen molar-refractivity contribution < 1.29 is 4.74 Å². The zero-order valence-electron chi connectivity index (χ0n) is 24.3. The average molecular weight is 493 g/mol. The molecule has 1 aliphatic carbocycles. The third kappa shape index (κ3) is 6.84. The van der Waals surface area contributed by atoms with Crippen LogP contribution in [0, 0.1) is 18.8 Å². The fraction of sp³-hybridized carbons (Fsp3) is 0.697. The van der Waals surface area contributed by atoms with Crippen molar-refractivity contribution in [2.24, 2.45) is 11.8 Å². The number of hydrogen-bond acceptors (Lipinski definition) is 2. The van der Waals surface area contributed by atoms with Gasteiger partial charge in [-0.15, -0.1) is 0 Å². The monoisotopic (exact) mass is 492 g/mol. The van der Waals surface area contributed by atoms with Crippen LogP contribution < -0.4 is 5.32 Å². The van der Waals surface area contributed by atoms with Gasteiger partial charge in [-0.1, -0.05) is 66.9 Å². The molecule has 200 valence electrons. The van der Waals surface area contributed by atoms with E-state index in [1.165, 1.54) is 78.6 Å². The number of hydrogen-bond donors (Lipinski definition) is 1. The van der Waals surface area contributed by atoms with Crippen LogP contribution in [-0.2, 0) is 28.7 Å². The molecule has 1 unspecified atom stereocenters. The molecule has 0 spiro atoms. The average Bonchev–Trinajstić information content (AvgIpc) is 3.14. The fourth-order valence-corrected chi connectivity index (χ4v) is 6.00. The van der Waals surface area contributed by atoms with E-state index >= 15 is 0 Å². The molecule has 0 radical (unpaired) electrons. The Kier molecular flexibility index (Phi) is 8.72. The number of aromatic nitrogens is 1. The Labute approximate surface area is 221 Å². The van der Waals surface area contributed by atoms with Crippen molar-refractivity contribution in [1.29, 1.82) is 0 Å². The van der Waals surface area contributed by atoms with Gasteiger partial charge in [-0.05, 0) is 95.7 Å². The minimum Gasteiger partial charge on any atom is -0.381 e. The SMILES string of the molecule is Cc1c(CNCC2CCCOC2)cc(-c2cc(C(C)(C)C)cc(C(C)(C)C)c2)n1CC1CCCCC1. The third-order valence-electron chi connectivity index (χ3n) is 8.60. The molecule has 1 N–H and O–H groups in total. The van der Waals surface area contributed by atoms with Crippen LogP contribution in [0.5, 0.6) is 0 Å². The molecule has 4 rings (SSSR count). The van der Waals surface area contributed by atoms with Crippen molar-refractivity contribution in [2.45, 2.75) is 117 Å². The highest BCUT2D eigenvalue weighted by Crippen LogP contribution is 2.37. The van der Waals surface area contributed by atoms with Gasteiger partial charge in [-0.2, -0.15) is 0 Å². The van der Waals surface area contributed by atoms with Gasteiger partial charge in [0.1, 0.15) is 0 Å². The minimum absolute atomic E-state index is 0.123. The molecule has 2 aliphatic rings. The maximum atomic E-state index is 5.71. The molecule has 1 aliphatic heterocycles. The van der Waals surface area contributed by atoms with E-state index in [4.69, 9.17) is 4.74 Å². The van der Waals surface area contributed by atoms with Gasteiger partial charge in [0.15, 0.2) is 0 Å². The van der Waals surface area contributed by atoms with E-state index in [0.29, 0.717) is 5.92 Å². The van der Waals surface area contributed by atoms with Crippen molar-refractivity contribution >= 4 is 0 Å². The van der Waals surface area contributed by atoms with Gasteiger partial charge in [0.2, 0.25) is 0 Å². The lowest BCUT2D eigenvalue weighted by Gasteiger charge is -2.27. The molecule has 0 bridgehead atoms. The quantitative estimate of drug-likeness (QED) is 0.422. The highest BCUT2D eigenvalue weighted by Gasteiger charge is 2.24. The molecule has 1 aromatic carbocycles. The Morgan fingerprint density at radius 2 is 1.47 bits per heavy atom. The van der Waals surface area contributed by atoms with E-state index in [0.717, 1.165) is 38.8 Å². The molecule has 3 nitrogen and oxygen atoms in total. The van der Waals surface area contributed by atoms with Crippen LogP contribution in [0.25, 0.3) is 11.3 Å². The zero-order chi connectivity index (χ0) is 25.9. The normalized spacial score (nSPS) is 20.1. The van der Waals surface area contributed by atoms with Crippen molar-refractivity contribution in [3.63, 3.8) is 0 Å². The van der Waals surface area contributed by atoms with Gasteiger partial charge in [0.05, 0.1) is 6.61 Å². The van der Waals surface area contributed by atoms with Crippen molar-refractivity contribution in [2.75, 3.05) is 19.8 Å². The Hall–Kier alpha value is -1.58. The fourth-order valence-electron chi connectivity index (χ4n) is 6.00. The first-order valence-corrected chi connectivity index (χ1v) is 14.7. The second-order valence-corrected chi connectivity index (χ2v) is 13.8. The zero-order valence-corrected chi connectivity index (χ0v) is 24.3. The molecule has 1 aromatic heterocycles. The maximum absolute atomic E-state index is 5.71. The summed E-state index contributed by atoms with van der Waals surface area (Å²) in [6.45, 7) is 21.4. The van der Waals surface area contributed by atoms with Crippen molar-refractivity contribution in [3.05, 3.63) is 46.6 Å². The molecule has 0 amide bonds. The topological polar surface area (TPSA) is 26.2 Å². The number of ether oxygens (including phenoxy) is 1. The summed E-state index contributed by atoms with van der Waals surface area (Å²) in [6.07, 6.45) is 9.44. The van der Waals surface area contributed by atoms with Crippen LogP contribution in [0.2, 0.25) is 0 Å². The standard InChI is InChI=1S/C33H52N2O/c1-24-28(21-34-20-26-14-11-15-36-23-26)18-31(35(24)22-25-12-9-8-10-13-25)27-16-29(32(2,3)4)19-30(17-27)33(5,6)7/h16-19,25-26,34H,8-15,20-23H2,1-7H3. The number of benzene rings is 1. The van der Waals surface area contributed by atoms with Crippen LogP contribution in [-0.4, -0.2) is 24.3 Å². The predicted octanol–water partition coefficient (Wildman–Crippen LogP) is 8.16. The van der Waals surface area contributed by atoms with Crippen LogP contribution in [0.4, 0.5) is 0 Å². The molecule has 3 heteroatoms. The van der Waals surface area contributed by atoms with Crippen LogP contribution >= 0.6 is 0 Å². The van der Waals surface area contributed by atoms with Gasteiger partial charge in [0.25, 0.3) is 0 Å². The number of nitrogens with one attached hydrogen (secondary N) is 1. The van der Waals surface area contributed by atoms with Crippen LogP contribution in [0.15, 0.2) is 24.3 Å². The van der Waals surface area contributed by atoms with Crippen LogP contribution in [0.1, 0.15) is 109 Å². The second kappa shape index (κ2) is 11.4. The minimum atomic E-state index is 0.123. The third-order valence-corrected chi connectivity index (χ3v) is 8.60. The first kappa shape index (κ1) is 27.5. The van der Waals surface area contributed by atoms with Crippen molar-refractivity contribution in [1.82, 2.24) is 9.88 Å². The molecular formula is C33H52N2O. The summed E-state index contributed by atoms with van der Waals surface area (Å²) in [5.74, 6) is 1.46. The summed E-state index contributed by atoms with van der Waals surface area (Å²) in [6, 6.07) is 9.88. The Morgan fingerprint density at radius 1 is 0.833 bits per heavy atom. The first-order valence-electron chi connectivity index (χ1n) is 14.7. The van der Waals surface area contributed by atoms with Gasteiger partial charge in [-0.25, -0.2) is 0 Å². The van der Waals surface area contributed by atoms with E-state index in [2.05, 4.69) is 82.6 Å². The van der Waals surface area contributed by atoms with Gasteiger partial charge >= 0.3 is 0 Å². The molecule has 36 heavy (non-hydrogen) atoms. The van der Waals surface area contributed by atoms with E-state index in [9.17, 15) is 0 Å². The van der Waals surface area contributed by atoms with Gasteiger partial charge in [0, 0.05) is 37.6 Å². The smallest absolute Gasteiger partial charge is 0.0506 e. The lowest BCUT2D eigenvalue weighted by molar-refractivity contribution is 0.0547. The van der Waals surface area contributed by atoms with Gasteiger partial charge in [-0.3, -0.25) is 0 Å². The van der Waals surface area contributed by atoms with E-state index in [-0.39, 0.29) is 10.8 Å². The summed E-state index contributed by atoms with van der Waals surface area (Å²) >= 11 is 0. The first-order chi connectivity index (χ1) is 17.0. The Bertz CT molecular complexity index is 960. The summed E-state index contributed by atoms with van der Waals surface area (Å²) in [5, 5.41) is 3.79. The summed E-state index contributed by atoms with van der Waals surface area (Å²) in [5.41, 5.74) is 8.81. The lowest BCUT2D eigenvalue weighted by atomic mass is 9.79. The van der Waals surface area contributed by atoms with E-state index in [1.54, 1.807) is 0 Å². The molecule has 1 atom stereocenters. The van der Waals surface area contributed by atoms with Crippen molar-refractivity contribution in [3.8, 4) is 11.3 Å². The molecule has 2 fully saturated rings. The molecule has 2 heterocycles. The molecule has 1 saturated heterocycles. The summed E-state index contributed by atoms with van der Waals surface area (Å²) in [7, 11) is 0. The highest BCUT2D eigenvalue weighted by atomic mass is 16.5. The molecule has 2 aromatic rings. The maximum Gasteiger partial charge on any atom is 0.0506 e. The summed E-state index contributed by atoms with van der Waals surface area (Å²) in [4.78, 5) is 0. The van der Waals surface area contributed by atoms with E-state index in [1.807, 2.05) is 0 Å². The number of rotatable bonds is 7. The second-order valence-electron chi connectivity index (χ2n) is 13.8. The van der Waals surface area contributed by atoms with E-state index < -0.39 is 0 Å². The largest absolute Gasteiger partial charge is 0.381 e. The highest BCUT2D eigenvalue weighted by molar-refractivity contribution is 5.65. The van der Waals surface area contributed by atoms with Gasteiger partial charge < -0.3 is 14.6 Å². The Balaban J connectivity index is 1.68. The Morgan fingerprint density at radius 3 is 2.06 bits per heavy atom. The lowest BCUT2D eigenvalue weighted by Crippen LogP contribution is -2.29. The number of nitrogens with zero attached hydrogens (tertiary/aromatic N) is 1. The predicted molar refractivity (Wildman–Crippen MR) is 154 cm³/mol. The molecule has 1 saturated carbocycles.